The van der Waals surface area contributed by atoms with Crippen LogP contribution in [0.5, 0.6) is 5.75 Å². The van der Waals surface area contributed by atoms with Gasteiger partial charge in [-0.2, -0.15) is 0 Å². The maximum atomic E-state index is 12.5. The number of hydrogen-bond acceptors (Lipinski definition) is 5. The predicted octanol–water partition coefficient (Wildman–Crippen LogP) is 5.93. The maximum absolute atomic E-state index is 12.5. The van der Waals surface area contributed by atoms with Crippen LogP contribution < -0.4 is 10.1 Å². The van der Waals surface area contributed by atoms with Crippen LogP contribution >= 0.6 is 0 Å². The molecule has 6 nitrogen and oxygen atoms in total. The van der Waals surface area contributed by atoms with Crippen LogP contribution in [0.25, 0.3) is 22.9 Å². The molecule has 0 saturated heterocycles. The van der Waals surface area contributed by atoms with Gasteiger partial charge in [0.1, 0.15) is 5.75 Å². The maximum Gasteiger partial charge on any atom is 0.262 e. The summed E-state index contributed by atoms with van der Waals surface area (Å²) in [7, 11) is 0. The highest BCUT2D eigenvalue weighted by atomic mass is 16.5. The zero-order chi connectivity index (χ0) is 22.3. The number of ether oxygens (including phenoxy) is 1. The fourth-order valence-corrected chi connectivity index (χ4v) is 3.35. The summed E-state index contributed by atoms with van der Waals surface area (Å²) < 4.78 is 11.6. The van der Waals surface area contributed by atoms with E-state index in [4.69, 9.17) is 9.15 Å². The summed E-state index contributed by atoms with van der Waals surface area (Å²) in [6.07, 6.45) is 1.00. The average Bonchev–Trinajstić information content (AvgIpc) is 3.34. The van der Waals surface area contributed by atoms with E-state index in [1.807, 2.05) is 72.8 Å². The molecule has 0 radical (unpaired) electrons. The van der Waals surface area contributed by atoms with Crippen molar-refractivity contribution in [3.63, 3.8) is 0 Å². The molecule has 4 aromatic rings. The summed E-state index contributed by atoms with van der Waals surface area (Å²) in [5, 5.41) is 11.1. The third-order valence-corrected chi connectivity index (χ3v) is 5.26. The molecule has 1 N–H and O–H groups in total. The highest BCUT2D eigenvalue weighted by molar-refractivity contribution is 5.92. The van der Waals surface area contributed by atoms with Crippen LogP contribution in [0.2, 0.25) is 0 Å². The lowest BCUT2D eigenvalue weighted by Gasteiger charge is -2.15. The van der Waals surface area contributed by atoms with Crippen molar-refractivity contribution < 1.29 is 13.9 Å². The quantitative estimate of drug-likeness (QED) is 0.377. The number of benzene rings is 3. The third-order valence-electron chi connectivity index (χ3n) is 5.26. The van der Waals surface area contributed by atoms with E-state index in [2.05, 4.69) is 29.4 Å². The minimum atomic E-state index is -0.239. The van der Waals surface area contributed by atoms with Gasteiger partial charge in [0, 0.05) is 16.8 Å². The van der Waals surface area contributed by atoms with Gasteiger partial charge in [-0.3, -0.25) is 4.79 Å². The molecule has 4 rings (SSSR count). The Balaban J connectivity index is 1.42. The van der Waals surface area contributed by atoms with Crippen molar-refractivity contribution in [1.82, 2.24) is 10.2 Å². The second-order valence-corrected chi connectivity index (χ2v) is 7.54. The van der Waals surface area contributed by atoms with Crippen molar-refractivity contribution in [2.75, 3.05) is 11.9 Å². The molecule has 0 aliphatic heterocycles. The molecule has 0 fully saturated rings. The van der Waals surface area contributed by atoms with Crippen LogP contribution in [0.3, 0.4) is 0 Å². The van der Waals surface area contributed by atoms with E-state index in [-0.39, 0.29) is 12.5 Å². The zero-order valence-electron chi connectivity index (χ0n) is 18.1. The summed E-state index contributed by atoms with van der Waals surface area (Å²) in [5.41, 5.74) is 3.31. The van der Waals surface area contributed by atoms with Gasteiger partial charge in [-0.15, -0.1) is 10.2 Å². The molecule has 0 saturated carbocycles. The second-order valence-electron chi connectivity index (χ2n) is 7.54. The van der Waals surface area contributed by atoms with Crippen LogP contribution in [-0.2, 0) is 4.79 Å². The van der Waals surface area contributed by atoms with Gasteiger partial charge >= 0.3 is 0 Å². The number of carbonyl (C=O) groups is 1. The van der Waals surface area contributed by atoms with Gasteiger partial charge in [0.25, 0.3) is 5.91 Å². The van der Waals surface area contributed by atoms with E-state index in [9.17, 15) is 4.79 Å². The van der Waals surface area contributed by atoms with Crippen LogP contribution in [0.4, 0.5) is 5.69 Å². The number of nitrogens with one attached hydrogen (secondary N) is 1. The molecule has 3 aromatic carbocycles. The van der Waals surface area contributed by atoms with Gasteiger partial charge in [-0.25, -0.2) is 0 Å². The molecule has 0 bridgehead atoms. The standard InChI is InChI=1S/C26H25N3O3/c1-3-18(2)22-14-7-8-15-23(22)31-17-24(30)27-21-13-9-12-20(16-21)26-29-28-25(32-26)19-10-5-4-6-11-19/h4-16,18H,3,17H2,1-2H3,(H,27,30)/t18-/m0/s1. The van der Waals surface area contributed by atoms with Crippen molar-refractivity contribution in [1.29, 1.82) is 0 Å². The molecule has 0 aliphatic rings. The Kier molecular flexibility index (Phi) is 6.60. The van der Waals surface area contributed by atoms with Crippen LogP contribution in [0.1, 0.15) is 31.7 Å². The predicted molar refractivity (Wildman–Crippen MR) is 124 cm³/mol. The van der Waals surface area contributed by atoms with Crippen molar-refractivity contribution in [2.24, 2.45) is 0 Å². The first-order valence-corrected chi connectivity index (χ1v) is 10.6. The van der Waals surface area contributed by atoms with Gasteiger partial charge in [-0.1, -0.05) is 56.3 Å². The van der Waals surface area contributed by atoms with Gasteiger partial charge in [0.05, 0.1) is 0 Å². The fraction of sp³-hybridized carbons (Fsp3) is 0.192. The smallest absolute Gasteiger partial charge is 0.262 e. The average molecular weight is 428 g/mol. The van der Waals surface area contributed by atoms with Gasteiger partial charge in [-0.05, 0) is 54.3 Å². The van der Waals surface area contributed by atoms with E-state index in [1.165, 1.54) is 0 Å². The molecular formula is C26H25N3O3. The normalized spacial score (nSPS) is 11.7. The largest absolute Gasteiger partial charge is 0.483 e. The third kappa shape index (κ3) is 5.03. The monoisotopic (exact) mass is 427 g/mol. The summed E-state index contributed by atoms with van der Waals surface area (Å²) in [6, 6.07) is 24.7. The SMILES string of the molecule is CC[C@H](C)c1ccccc1OCC(=O)Nc1cccc(-c2nnc(-c3ccccc3)o2)c1. The van der Waals surface area contributed by atoms with Crippen molar-refractivity contribution in [2.45, 2.75) is 26.2 Å². The molecule has 32 heavy (non-hydrogen) atoms. The Morgan fingerprint density at radius 2 is 1.62 bits per heavy atom. The van der Waals surface area contributed by atoms with E-state index < -0.39 is 0 Å². The molecular weight excluding hydrogens is 402 g/mol. The summed E-state index contributed by atoms with van der Waals surface area (Å²) in [6.45, 7) is 4.21. The second kappa shape index (κ2) is 9.92. The Morgan fingerprint density at radius 3 is 2.41 bits per heavy atom. The lowest BCUT2D eigenvalue weighted by molar-refractivity contribution is -0.118. The first-order chi connectivity index (χ1) is 15.6. The number of hydrogen-bond donors (Lipinski definition) is 1. The lowest BCUT2D eigenvalue weighted by Crippen LogP contribution is -2.20. The van der Waals surface area contributed by atoms with E-state index >= 15 is 0 Å². The number of rotatable bonds is 8. The minimum absolute atomic E-state index is 0.0730. The summed E-state index contributed by atoms with van der Waals surface area (Å²) in [5.74, 6) is 1.70. The molecule has 1 amide bonds. The van der Waals surface area contributed by atoms with Crippen LogP contribution in [0.15, 0.2) is 83.3 Å². The fourth-order valence-electron chi connectivity index (χ4n) is 3.35. The van der Waals surface area contributed by atoms with E-state index in [0.717, 1.165) is 28.9 Å². The number of nitrogens with zero attached hydrogens (tertiary/aromatic N) is 2. The molecule has 1 atom stereocenters. The number of carbonyl (C=O) groups excluding carboxylic acids is 1. The van der Waals surface area contributed by atoms with Gasteiger partial charge < -0.3 is 14.5 Å². The van der Waals surface area contributed by atoms with Gasteiger partial charge in [0.15, 0.2) is 6.61 Å². The number of para-hydroxylation sites is 1. The molecule has 162 valence electrons. The summed E-state index contributed by atoms with van der Waals surface area (Å²) >= 11 is 0. The molecule has 6 heteroatoms. The number of anilines is 1. The first-order valence-electron chi connectivity index (χ1n) is 10.6. The molecule has 0 aliphatic carbocycles. The Labute approximate surface area is 187 Å². The van der Waals surface area contributed by atoms with Crippen LogP contribution in [-0.4, -0.2) is 22.7 Å². The van der Waals surface area contributed by atoms with Crippen molar-refractivity contribution in [3.05, 3.63) is 84.4 Å². The zero-order valence-corrected chi connectivity index (χ0v) is 18.1. The number of aromatic nitrogens is 2. The highest BCUT2D eigenvalue weighted by Gasteiger charge is 2.13. The molecule has 1 aromatic heterocycles. The Morgan fingerprint density at radius 1 is 0.938 bits per heavy atom. The van der Waals surface area contributed by atoms with Crippen molar-refractivity contribution in [3.8, 4) is 28.7 Å². The highest BCUT2D eigenvalue weighted by Crippen LogP contribution is 2.29. The number of amides is 1. The lowest BCUT2D eigenvalue weighted by atomic mass is 9.98. The Hall–Kier alpha value is -3.93. The first kappa shape index (κ1) is 21.3. The van der Waals surface area contributed by atoms with E-state index in [1.54, 1.807) is 6.07 Å². The topological polar surface area (TPSA) is 77.2 Å². The van der Waals surface area contributed by atoms with Crippen LogP contribution in [0, 0.1) is 0 Å². The van der Waals surface area contributed by atoms with E-state index in [0.29, 0.717) is 23.4 Å². The Bertz CT molecular complexity index is 1190. The van der Waals surface area contributed by atoms with Crippen molar-refractivity contribution >= 4 is 11.6 Å². The van der Waals surface area contributed by atoms with Gasteiger partial charge in [0.2, 0.25) is 11.8 Å². The molecule has 0 spiro atoms. The molecule has 1 heterocycles. The summed E-state index contributed by atoms with van der Waals surface area (Å²) in [4.78, 5) is 12.5. The minimum Gasteiger partial charge on any atom is -0.483 e. The molecule has 0 unspecified atom stereocenters.